The zero-order valence-electron chi connectivity index (χ0n) is 14.6. The molecule has 1 aliphatic heterocycles. The summed E-state index contributed by atoms with van der Waals surface area (Å²) in [4.78, 5) is 38.0. The topological polar surface area (TPSA) is 113 Å². The number of aromatic amines is 1. The first-order valence-electron chi connectivity index (χ1n) is 8.54. The molecule has 0 spiro atoms. The predicted molar refractivity (Wildman–Crippen MR) is 103 cm³/mol. The third kappa shape index (κ3) is 3.52. The quantitative estimate of drug-likeness (QED) is 0.697. The van der Waals surface area contributed by atoms with Gasteiger partial charge >= 0.3 is 5.69 Å². The van der Waals surface area contributed by atoms with E-state index in [1.807, 2.05) is 0 Å². The molecule has 28 heavy (non-hydrogen) atoms. The van der Waals surface area contributed by atoms with E-state index in [9.17, 15) is 14.4 Å². The van der Waals surface area contributed by atoms with Gasteiger partial charge in [-0.2, -0.15) is 4.68 Å². The molecular formula is C18H15ClN6O3. The molecule has 0 atom stereocenters. The second-order valence-corrected chi connectivity index (χ2v) is 6.71. The van der Waals surface area contributed by atoms with Crippen molar-refractivity contribution in [1.29, 1.82) is 0 Å². The molecule has 0 aliphatic carbocycles. The fourth-order valence-corrected chi connectivity index (χ4v) is 3.30. The Morgan fingerprint density at radius 2 is 2.00 bits per heavy atom. The summed E-state index contributed by atoms with van der Waals surface area (Å²) in [6.07, 6.45) is 1.27. The SMILES string of the molecule is O=C(Nc1cccc(-n2nn[nH]c2=O)c1)c1cc(Cl)cc(N2CCCC2=O)c1. The summed E-state index contributed by atoms with van der Waals surface area (Å²) in [6.45, 7) is 0.606. The number of amides is 2. The third-order valence-electron chi connectivity index (χ3n) is 4.35. The summed E-state index contributed by atoms with van der Waals surface area (Å²) < 4.78 is 1.08. The molecule has 1 aliphatic rings. The minimum Gasteiger partial charge on any atom is -0.322 e. The highest BCUT2D eigenvalue weighted by molar-refractivity contribution is 6.31. The first kappa shape index (κ1) is 17.9. The van der Waals surface area contributed by atoms with Crippen LogP contribution in [0.4, 0.5) is 11.4 Å². The molecule has 4 rings (SSSR count). The van der Waals surface area contributed by atoms with Gasteiger partial charge in [0.2, 0.25) is 5.91 Å². The second kappa shape index (κ2) is 7.28. The average Bonchev–Trinajstić information content (AvgIpc) is 3.29. The minimum atomic E-state index is -0.488. The van der Waals surface area contributed by atoms with E-state index < -0.39 is 5.69 Å². The Hall–Kier alpha value is -3.46. The Bertz CT molecular complexity index is 1120. The van der Waals surface area contributed by atoms with Crippen molar-refractivity contribution >= 4 is 34.8 Å². The summed E-state index contributed by atoms with van der Waals surface area (Å²) in [7, 11) is 0. The minimum absolute atomic E-state index is 0.0133. The van der Waals surface area contributed by atoms with Gasteiger partial charge in [0.1, 0.15) is 0 Å². The monoisotopic (exact) mass is 398 g/mol. The van der Waals surface area contributed by atoms with Crippen LogP contribution in [0, 0.1) is 0 Å². The summed E-state index contributed by atoms with van der Waals surface area (Å²) in [6, 6.07) is 11.5. The third-order valence-corrected chi connectivity index (χ3v) is 4.57. The molecule has 0 unspecified atom stereocenters. The van der Waals surface area contributed by atoms with Crippen LogP contribution in [0.5, 0.6) is 0 Å². The van der Waals surface area contributed by atoms with Crippen LogP contribution in [-0.2, 0) is 4.79 Å². The van der Waals surface area contributed by atoms with Crippen molar-refractivity contribution in [2.75, 3.05) is 16.8 Å². The molecule has 3 aromatic rings. The molecule has 142 valence electrons. The number of aromatic nitrogens is 4. The van der Waals surface area contributed by atoms with Gasteiger partial charge in [0, 0.05) is 34.9 Å². The van der Waals surface area contributed by atoms with Crippen molar-refractivity contribution < 1.29 is 9.59 Å². The lowest BCUT2D eigenvalue weighted by atomic mass is 10.1. The number of rotatable bonds is 4. The number of hydrogen-bond acceptors (Lipinski definition) is 5. The molecule has 2 heterocycles. The number of carbonyl (C=O) groups excluding carboxylic acids is 2. The molecule has 2 N–H and O–H groups in total. The largest absolute Gasteiger partial charge is 0.365 e. The van der Waals surface area contributed by atoms with Crippen LogP contribution in [0.2, 0.25) is 5.02 Å². The van der Waals surface area contributed by atoms with Crippen molar-refractivity contribution in [3.05, 3.63) is 63.5 Å². The number of tetrazole rings is 1. The Balaban J connectivity index is 1.59. The van der Waals surface area contributed by atoms with Gasteiger partial charge in [0.25, 0.3) is 5.91 Å². The van der Waals surface area contributed by atoms with E-state index in [-0.39, 0.29) is 11.8 Å². The average molecular weight is 399 g/mol. The van der Waals surface area contributed by atoms with E-state index in [1.54, 1.807) is 41.3 Å². The smallest absolute Gasteiger partial charge is 0.322 e. The summed E-state index contributed by atoms with van der Waals surface area (Å²) in [5.74, 6) is -0.376. The van der Waals surface area contributed by atoms with Crippen LogP contribution in [-0.4, -0.2) is 38.6 Å². The fourth-order valence-electron chi connectivity index (χ4n) is 3.07. The Kier molecular flexibility index (Phi) is 4.66. The molecule has 0 radical (unpaired) electrons. The zero-order valence-corrected chi connectivity index (χ0v) is 15.3. The summed E-state index contributed by atoms with van der Waals surface area (Å²) in [5.41, 5.74) is 1.36. The molecule has 0 bridgehead atoms. The van der Waals surface area contributed by atoms with Crippen molar-refractivity contribution in [3.63, 3.8) is 0 Å². The molecule has 9 nitrogen and oxygen atoms in total. The number of halogens is 1. The highest BCUT2D eigenvalue weighted by atomic mass is 35.5. The first-order valence-corrected chi connectivity index (χ1v) is 8.92. The maximum atomic E-state index is 12.7. The van der Waals surface area contributed by atoms with Gasteiger partial charge in [-0.25, -0.2) is 9.89 Å². The van der Waals surface area contributed by atoms with Gasteiger partial charge in [-0.1, -0.05) is 17.7 Å². The Morgan fingerprint density at radius 3 is 2.71 bits per heavy atom. The van der Waals surface area contributed by atoms with Gasteiger partial charge in [-0.15, -0.1) is 0 Å². The van der Waals surface area contributed by atoms with E-state index in [0.29, 0.717) is 40.6 Å². The number of anilines is 2. The van der Waals surface area contributed by atoms with Gasteiger partial charge < -0.3 is 10.2 Å². The van der Waals surface area contributed by atoms with E-state index >= 15 is 0 Å². The van der Waals surface area contributed by atoms with Crippen LogP contribution in [0.15, 0.2) is 47.3 Å². The number of H-pyrrole nitrogens is 1. The maximum absolute atomic E-state index is 12.7. The molecule has 1 aromatic heterocycles. The lowest BCUT2D eigenvalue weighted by Crippen LogP contribution is -2.24. The lowest BCUT2D eigenvalue weighted by Gasteiger charge is -2.17. The van der Waals surface area contributed by atoms with Crippen molar-refractivity contribution in [2.24, 2.45) is 0 Å². The molecule has 10 heteroatoms. The van der Waals surface area contributed by atoms with Crippen LogP contribution in [0.3, 0.4) is 0 Å². The maximum Gasteiger partial charge on any atom is 0.365 e. The Morgan fingerprint density at radius 1 is 1.14 bits per heavy atom. The first-order chi connectivity index (χ1) is 13.5. The number of nitrogens with one attached hydrogen (secondary N) is 2. The van der Waals surface area contributed by atoms with E-state index in [1.165, 1.54) is 6.07 Å². The highest BCUT2D eigenvalue weighted by Gasteiger charge is 2.23. The van der Waals surface area contributed by atoms with Crippen molar-refractivity contribution in [3.8, 4) is 5.69 Å². The van der Waals surface area contributed by atoms with Gasteiger partial charge in [0.05, 0.1) is 5.69 Å². The van der Waals surface area contributed by atoms with Gasteiger partial charge in [-0.05, 0) is 53.2 Å². The molecule has 1 fully saturated rings. The number of benzene rings is 2. The number of nitrogens with zero attached hydrogens (tertiary/aromatic N) is 4. The second-order valence-electron chi connectivity index (χ2n) is 6.27. The van der Waals surface area contributed by atoms with Crippen molar-refractivity contribution in [1.82, 2.24) is 20.2 Å². The molecule has 2 amide bonds. The van der Waals surface area contributed by atoms with Crippen LogP contribution in [0.25, 0.3) is 5.69 Å². The zero-order chi connectivity index (χ0) is 19.7. The Labute approximate surface area is 163 Å². The fraction of sp³-hybridized carbons (Fsp3) is 0.167. The summed E-state index contributed by atoms with van der Waals surface area (Å²) in [5, 5.41) is 12.4. The van der Waals surface area contributed by atoms with Gasteiger partial charge in [-0.3, -0.25) is 9.59 Å². The van der Waals surface area contributed by atoms with Crippen LogP contribution in [0.1, 0.15) is 23.2 Å². The normalized spacial score (nSPS) is 13.8. The number of hydrogen-bond donors (Lipinski definition) is 2. The van der Waals surface area contributed by atoms with Crippen molar-refractivity contribution in [2.45, 2.75) is 12.8 Å². The van der Waals surface area contributed by atoms with E-state index in [2.05, 4.69) is 20.8 Å². The van der Waals surface area contributed by atoms with Gasteiger partial charge in [0.15, 0.2) is 0 Å². The highest BCUT2D eigenvalue weighted by Crippen LogP contribution is 2.27. The molecule has 0 saturated carbocycles. The predicted octanol–water partition coefficient (Wildman–Crippen LogP) is 1.99. The number of carbonyl (C=O) groups is 2. The molecule has 2 aromatic carbocycles. The van der Waals surface area contributed by atoms with E-state index in [4.69, 9.17) is 11.6 Å². The molecule has 1 saturated heterocycles. The summed E-state index contributed by atoms with van der Waals surface area (Å²) >= 11 is 6.16. The van der Waals surface area contributed by atoms with E-state index in [0.717, 1.165) is 11.1 Å². The lowest BCUT2D eigenvalue weighted by molar-refractivity contribution is -0.117. The molecular weight excluding hydrogens is 384 g/mol. The van der Waals surface area contributed by atoms with Crippen LogP contribution >= 0.6 is 11.6 Å². The van der Waals surface area contributed by atoms with Crippen LogP contribution < -0.4 is 15.9 Å². The standard InChI is InChI=1S/C18H15ClN6O3/c19-12-7-11(8-15(9-12)24-6-2-5-16(24)26)17(27)20-13-3-1-4-14(10-13)25-18(28)21-22-23-25/h1,3-4,7-10H,2,5-6H2,(H,20,27)(H,21,23,28).